The Morgan fingerprint density at radius 1 is 1.07 bits per heavy atom. The summed E-state index contributed by atoms with van der Waals surface area (Å²) in [5.74, 6) is 6.14. The number of aryl methyl sites for hydroxylation is 1. The van der Waals surface area contributed by atoms with Crippen LogP contribution in [0.1, 0.15) is 17.5 Å². The van der Waals surface area contributed by atoms with Crippen molar-refractivity contribution >= 4 is 0 Å². The Morgan fingerprint density at radius 2 is 1.85 bits per heavy atom. The van der Waals surface area contributed by atoms with Crippen molar-refractivity contribution in [1.29, 1.82) is 0 Å². The Kier molecular flexibility index (Phi) is 5.79. The van der Waals surface area contributed by atoms with Crippen molar-refractivity contribution in [3.63, 3.8) is 0 Å². The summed E-state index contributed by atoms with van der Waals surface area (Å²) >= 11 is 0. The maximum absolute atomic E-state index is 9.42. The molecule has 0 aromatic heterocycles. The highest BCUT2D eigenvalue weighted by Crippen LogP contribution is 2.42. The van der Waals surface area contributed by atoms with Crippen LogP contribution in [0.5, 0.6) is 34.5 Å². The molecule has 2 aromatic carbocycles. The zero-order chi connectivity index (χ0) is 19.2. The summed E-state index contributed by atoms with van der Waals surface area (Å²) in [7, 11) is 1.59. The number of phenols is 3. The number of rotatable bonds is 6. The fourth-order valence-corrected chi connectivity index (χ4v) is 2.64. The molecular formula is C20H20O7. The molecular weight excluding hydrogens is 352 g/mol. The third-order valence-corrected chi connectivity index (χ3v) is 3.95. The van der Waals surface area contributed by atoms with Crippen LogP contribution in [0.15, 0.2) is 24.3 Å². The molecule has 0 aliphatic carbocycles. The first kappa shape index (κ1) is 18.5. The van der Waals surface area contributed by atoms with Gasteiger partial charge < -0.3 is 34.3 Å². The van der Waals surface area contributed by atoms with Gasteiger partial charge in [0, 0.05) is 12.2 Å². The number of fused-ring (bicyclic) bond motifs is 1. The van der Waals surface area contributed by atoms with Gasteiger partial charge in [0.2, 0.25) is 12.5 Å². The number of ether oxygens (including phenoxy) is 4. The van der Waals surface area contributed by atoms with Crippen molar-refractivity contribution in [2.75, 3.05) is 27.1 Å². The van der Waals surface area contributed by atoms with Crippen LogP contribution in [0.2, 0.25) is 0 Å². The number of methoxy groups -OCH3 is 1. The van der Waals surface area contributed by atoms with E-state index >= 15 is 0 Å². The molecule has 1 aliphatic heterocycles. The van der Waals surface area contributed by atoms with Gasteiger partial charge in [0.1, 0.15) is 6.61 Å². The molecule has 0 saturated heterocycles. The maximum Gasteiger partial charge on any atom is 0.231 e. The fourth-order valence-electron chi connectivity index (χ4n) is 2.64. The Morgan fingerprint density at radius 3 is 2.59 bits per heavy atom. The lowest BCUT2D eigenvalue weighted by molar-refractivity contribution is 0.164. The predicted molar refractivity (Wildman–Crippen MR) is 96.6 cm³/mol. The summed E-state index contributed by atoms with van der Waals surface area (Å²) in [6.07, 6.45) is 1.59. The molecule has 7 nitrogen and oxygen atoms in total. The normalized spacial score (nSPS) is 11.7. The van der Waals surface area contributed by atoms with Crippen molar-refractivity contribution in [3.8, 4) is 46.3 Å². The number of aromatic hydroxyl groups is 3. The third-order valence-electron chi connectivity index (χ3n) is 3.95. The molecule has 1 aliphatic rings. The average molecular weight is 372 g/mol. The van der Waals surface area contributed by atoms with E-state index in [0.29, 0.717) is 29.4 Å². The molecule has 0 amide bonds. The topological polar surface area (TPSA) is 97.6 Å². The van der Waals surface area contributed by atoms with Crippen LogP contribution in [0.4, 0.5) is 0 Å². The number of hydrogen-bond donors (Lipinski definition) is 3. The molecule has 142 valence electrons. The first-order chi connectivity index (χ1) is 13.1. The summed E-state index contributed by atoms with van der Waals surface area (Å²) in [4.78, 5) is 0. The molecule has 7 heteroatoms. The summed E-state index contributed by atoms with van der Waals surface area (Å²) in [6, 6.07) is 6.41. The summed E-state index contributed by atoms with van der Waals surface area (Å²) in [6.45, 7) is 0.942. The van der Waals surface area contributed by atoms with E-state index in [-0.39, 0.29) is 13.4 Å². The van der Waals surface area contributed by atoms with Crippen molar-refractivity contribution in [2.45, 2.75) is 12.8 Å². The van der Waals surface area contributed by atoms with Crippen molar-refractivity contribution < 1.29 is 34.3 Å². The minimum Gasteiger partial charge on any atom is -0.504 e. The predicted octanol–water partition coefficient (Wildman–Crippen LogP) is 2.54. The zero-order valence-electron chi connectivity index (χ0n) is 14.8. The van der Waals surface area contributed by atoms with Crippen LogP contribution in [0.3, 0.4) is 0 Å². The average Bonchev–Trinajstić information content (AvgIpc) is 3.13. The fraction of sp³-hybridized carbons (Fsp3) is 0.300. The maximum atomic E-state index is 9.42. The van der Waals surface area contributed by atoms with Gasteiger partial charge >= 0.3 is 0 Å². The lowest BCUT2D eigenvalue weighted by Crippen LogP contribution is -1.98. The second-order valence-electron chi connectivity index (χ2n) is 5.85. The molecule has 0 fully saturated rings. The molecule has 1 heterocycles. The van der Waals surface area contributed by atoms with Gasteiger partial charge in [-0.05, 0) is 42.7 Å². The summed E-state index contributed by atoms with van der Waals surface area (Å²) < 4.78 is 21.6. The van der Waals surface area contributed by atoms with Gasteiger partial charge in [0.05, 0.1) is 7.11 Å². The molecule has 0 saturated carbocycles. The molecule has 3 N–H and O–H groups in total. The van der Waals surface area contributed by atoms with E-state index < -0.39 is 17.2 Å². The Hall–Kier alpha value is -3.24. The van der Waals surface area contributed by atoms with Gasteiger partial charge in [-0.3, -0.25) is 0 Å². The molecule has 0 bridgehead atoms. The zero-order valence-corrected chi connectivity index (χ0v) is 14.8. The third kappa shape index (κ3) is 4.49. The van der Waals surface area contributed by atoms with Gasteiger partial charge in [-0.1, -0.05) is 11.8 Å². The minimum atomic E-state index is -0.558. The molecule has 0 spiro atoms. The first-order valence-electron chi connectivity index (χ1n) is 8.36. The second-order valence-corrected chi connectivity index (χ2v) is 5.85. The molecule has 3 rings (SSSR count). The van der Waals surface area contributed by atoms with Crippen LogP contribution in [0.25, 0.3) is 0 Å². The molecule has 0 radical (unpaired) electrons. The van der Waals surface area contributed by atoms with E-state index in [0.717, 1.165) is 18.4 Å². The monoisotopic (exact) mass is 372 g/mol. The highest BCUT2D eigenvalue weighted by Gasteiger charge is 2.19. The second kappa shape index (κ2) is 8.43. The number of benzene rings is 2. The largest absolute Gasteiger partial charge is 0.504 e. The summed E-state index contributed by atoms with van der Waals surface area (Å²) in [5, 5.41) is 28.1. The van der Waals surface area contributed by atoms with Crippen LogP contribution in [-0.4, -0.2) is 42.4 Å². The molecule has 0 atom stereocenters. The van der Waals surface area contributed by atoms with Crippen LogP contribution >= 0.6 is 0 Å². The molecule has 2 aromatic rings. The van der Waals surface area contributed by atoms with E-state index in [1.54, 1.807) is 7.11 Å². The highest BCUT2D eigenvalue weighted by atomic mass is 16.7. The Bertz CT molecular complexity index is 857. The SMILES string of the molecule is COc1cc(CCCOCC#Cc2cc(O)c(O)c(O)c2)cc2c1OCO2. The minimum absolute atomic E-state index is 0.202. The molecule has 0 unspecified atom stereocenters. The van der Waals surface area contributed by atoms with E-state index in [4.69, 9.17) is 18.9 Å². The lowest BCUT2D eigenvalue weighted by Gasteiger charge is -2.08. The quantitative estimate of drug-likeness (QED) is 0.407. The standard InChI is InChI=1S/C20H20O7/c1-24-17-10-14(11-18-20(17)27-12-26-18)5-3-7-25-6-2-4-13-8-15(21)19(23)16(22)9-13/h8-11,21-23H,3,5-7,12H2,1H3. The van der Waals surface area contributed by atoms with E-state index in [1.165, 1.54) is 12.1 Å². The van der Waals surface area contributed by atoms with Gasteiger partial charge in [0.15, 0.2) is 28.7 Å². The van der Waals surface area contributed by atoms with Crippen LogP contribution in [-0.2, 0) is 11.2 Å². The molecule has 27 heavy (non-hydrogen) atoms. The summed E-state index contributed by atoms with van der Waals surface area (Å²) in [5.41, 5.74) is 1.46. The van der Waals surface area contributed by atoms with Crippen molar-refractivity contribution in [3.05, 3.63) is 35.4 Å². The van der Waals surface area contributed by atoms with Crippen molar-refractivity contribution in [1.82, 2.24) is 0 Å². The Labute approximate surface area is 156 Å². The van der Waals surface area contributed by atoms with Gasteiger partial charge in [0.25, 0.3) is 0 Å². The lowest BCUT2D eigenvalue weighted by atomic mass is 10.1. The highest BCUT2D eigenvalue weighted by molar-refractivity contribution is 5.55. The number of phenolic OH excluding ortho intramolecular Hbond substituents is 3. The van der Waals surface area contributed by atoms with E-state index in [2.05, 4.69) is 11.8 Å². The van der Waals surface area contributed by atoms with Crippen LogP contribution in [0, 0.1) is 11.8 Å². The smallest absolute Gasteiger partial charge is 0.231 e. The van der Waals surface area contributed by atoms with E-state index in [9.17, 15) is 15.3 Å². The first-order valence-corrected chi connectivity index (χ1v) is 8.36. The van der Waals surface area contributed by atoms with Crippen LogP contribution < -0.4 is 14.2 Å². The Balaban J connectivity index is 1.44. The van der Waals surface area contributed by atoms with Gasteiger partial charge in [-0.15, -0.1) is 0 Å². The number of hydrogen-bond acceptors (Lipinski definition) is 7. The van der Waals surface area contributed by atoms with Gasteiger partial charge in [-0.2, -0.15) is 0 Å². The van der Waals surface area contributed by atoms with E-state index in [1.807, 2.05) is 12.1 Å². The van der Waals surface area contributed by atoms with Gasteiger partial charge in [-0.25, -0.2) is 0 Å². The van der Waals surface area contributed by atoms with Crippen molar-refractivity contribution in [2.24, 2.45) is 0 Å².